The summed E-state index contributed by atoms with van der Waals surface area (Å²) in [6.45, 7) is 3.59. The van der Waals surface area contributed by atoms with Crippen molar-refractivity contribution in [2.45, 2.75) is 25.9 Å². The quantitative estimate of drug-likeness (QED) is 0.694. The van der Waals surface area contributed by atoms with Crippen LogP contribution >= 0.6 is 0 Å². The van der Waals surface area contributed by atoms with E-state index < -0.39 is 9.84 Å². The molecule has 0 spiro atoms. The minimum atomic E-state index is -2.90. The van der Waals surface area contributed by atoms with Crippen LogP contribution in [0.4, 0.5) is 0 Å². The van der Waals surface area contributed by atoms with E-state index in [1.54, 1.807) is 0 Å². The van der Waals surface area contributed by atoms with Crippen LogP contribution in [0.5, 0.6) is 0 Å². The third-order valence-electron chi connectivity index (χ3n) is 5.16. The molecule has 3 heterocycles. The van der Waals surface area contributed by atoms with Crippen molar-refractivity contribution in [1.29, 1.82) is 0 Å². The highest BCUT2D eigenvalue weighted by Gasteiger charge is 2.32. The van der Waals surface area contributed by atoms with E-state index in [1.165, 1.54) is 0 Å². The Hall–Kier alpha value is -2.18. The summed E-state index contributed by atoms with van der Waals surface area (Å²) < 4.78 is 26.0. The first kappa shape index (κ1) is 17.2. The van der Waals surface area contributed by atoms with Crippen molar-refractivity contribution in [3.63, 3.8) is 0 Å². The first-order chi connectivity index (χ1) is 12.6. The summed E-state index contributed by atoms with van der Waals surface area (Å²) in [5, 5.41) is 0. The minimum absolute atomic E-state index is 0.0860. The molecule has 3 aromatic rings. The monoisotopic (exact) mass is 369 g/mol. The predicted octanol–water partition coefficient (Wildman–Crippen LogP) is 3.01. The van der Waals surface area contributed by atoms with Gasteiger partial charge < -0.3 is 4.40 Å². The lowest BCUT2D eigenvalue weighted by atomic mass is 10.1. The molecule has 1 aliphatic heterocycles. The molecule has 0 N–H and O–H groups in total. The Morgan fingerprint density at radius 1 is 1.15 bits per heavy atom. The van der Waals surface area contributed by atoms with E-state index in [9.17, 15) is 8.42 Å². The molecule has 6 heteroatoms. The molecule has 1 atom stereocenters. The third-order valence-corrected chi connectivity index (χ3v) is 6.91. The fourth-order valence-corrected chi connectivity index (χ4v) is 5.54. The summed E-state index contributed by atoms with van der Waals surface area (Å²) in [5.41, 5.74) is 4.08. The molecule has 1 unspecified atom stereocenters. The van der Waals surface area contributed by atoms with E-state index in [0.29, 0.717) is 18.7 Å². The molecule has 1 saturated heterocycles. The van der Waals surface area contributed by atoms with Gasteiger partial charge in [0, 0.05) is 24.3 Å². The Labute approximate surface area is 154 Å². The Morgan fingerprint density at radius 2 is 1.92 bits per heavy atom. The van der Waals surface area contributed by atoms with Crippen molar-refractivity contribution < 1.29 is 8.42 Å². The Kier molecular flexibility index (Phi) is 4.54. The number of fused-ring (bicyclic) bond motifs is 1. The van der Waals surface area contributed by atoms with Gasteiger partial charge in [0.2, 0.25) is 0 Å². The molecule has 0 aliphatic carbocycles. The Morgan fingerprint density at radius 3 is 2.62 bits per heavy atom. The smallest absolute Gasteiger partial charge is 0.151 e. The maximum absolute atomic E-state index is 11.9. The molecule has 1 fully saturated rings. The van der Waals surface area contributed by atoms with Crippen LogP contribution in [0.3, 0.4) is 0 Å². The van der Waals surface area contributed by atoms with Crippen LogP contribution in [0.25, 0.3) is 16.9 Å². The number of imidazole rings is 1. The Bertz CT molecular complexity index is 1010. The van der Waals surface area contributed by atoms with Crippen LogP contribution < -0.4 is 0 Å². The summed E-state index contributed by atoms with van der Waals surface area (Å²) in [6.07, 6.45) is 2.75. The van der Waals surface area contributed by atoms with E-state index in [-0.39, 0.29) is 11.8 Å². The normalized spacial score (nSPS) is 19.4. The molecule has 0 saturated carbocycles. The summed E-state index contributed by atoms with van der Waals surface area (Å²) in [7, 11) is -2.90. The maximum Gasteiger partial charge on any atom is 0.151 e. The molecular weight excluding hydrogens is 346 g/mol. The second-order valence-electron chi connectivity index (χ2n) is 6.82. The first-order valence-electron chi connectivity index (χ1n) is 9.03. The highest BCUT2D eigenvalue weighted by molar-refractivity contribution is 7.91. The molecule has 4 rings (SSSR count). The molecule has 0 bridgehead atoms. The van der Waals surface area contributed by atoms with Crippen molar-refractivity contribution in [3.8, 4) is 11.3 Å². The van der Waals surface area contributed by atoms with Crippen molar-refractivity contribution in [3.05, 3.63) is 60.4 Å². The Balaban J connectivity index is 1.75. The molecule has 1 aromatic carbocycles. The van der Waals surface area contributed by atoms with Gasteiger partial charge >= 0.3 is 0 Å². The fourth-order valence-electron chi connectivity index (χ4n) is 3.78. The van der Waals surface area contributed by atoms with Crippen LogP contribution in [-0.4, -0.2) is 46.8 Å². The predicted molar refractivity (Wildman–Crippen MR) is 104 cm³/mol. The number of aromatic nitrogens is 2. The number of sulfone groups is 1. The zero-order valence-corrected chi connectivity index (χ0v) is 15.7. The molecule has 1 aliphatic rings. The lowest BCUT2D eigenvalue weighted by Crippen LogP contribution is -2.36. The number of pyridine rings is 1. The van der Waals surface area contributed by atoms with E-state index in [4.69, 9.17) is 4.98 Å². The number of rotatable bonds is 5. The zero-order valence-electron chi connectivity index (χ0n) is 14.9. The topological polar surface area (TPSA) is 54.7 Å². The lowest BCUT2D eigenvalue weighted by molar-refractivity contribution is 0.212. The van der Waals surface area contributed by atoms with Gasteiger partial charge in [-0.25, -0.2) is 13.4 Å². The standard InChI is InChI=1S/C20H23N3O2S/c1-2-22(17-11-13-26(24,25)15-17)14-18-20(16-8-4-3-5-9-16)21-19-10-6-7-12-23(18)19/h3-10,12,17H,2,11,13-15H2,1H3. The average Bonchev–Trinajstić information content (AvgIpc) is 3.20. The molecule has 136 valence electrons. The number of hydrogen-bond donors (Lipinski definition) is 0. The van der Waals surface area contributed by atoms with Crippen LogP contribution in [0.2, 0.25) is 0 Å². The number of benzene rings is 1. The van der Waals surface area contributed by atoms with Crippen LogP contribution in [0.1, 0.15) is 19.0 Å². The van der Waals surface area contributed by atoms with Crippen LogP contribution in [0, 0.1) is 0 Å². The molecule has 0 amide bonds. The first-order valence-corrected chi connectivity index (χ1v) is 10.9. The van der Waals surface area contributed by atoms with Gasteiger partial charge in [0.15, 0.2) is 9.84 Å². The van der Waals surface area contributed by atoms with Gasteiger partial charge in [0.1, 0.15) is 5.65 Å². The van der Waals surface area contributed by atoms with Crippen LogP contribution in [0.15, 0.2) is 54.7 Å². The van der Waals surface area contributed by atoms with Crippen LogP contribution in [-0.2, 0) is 16.4 Å². The lowest BCUT2D eigenvalue weighted by Gasteiger charge is -2.26. The van der Waals surface area contributed by atoms with Gasteiger partial charge in [0.25, 0.3) is 0 Å². The fraction of sp³-hybridized carbons (Fsp3) is 0.350. The number of hydrogen-bond acceptors (Lipinski definition) is 4. The molecule has 0 radical (unpaired) electrons. The summed E-state index contributed by atoms with van der Waals surface area (Å²) in [6, 6.07) is 16.3. The van der Waals surface area contributed by atoms with Crippen molar-refractivity contribution in [1.82, 2.24) is 14.3 Å². The second-order valence-corrected chi connectivity index (χ2v) is 9.05. The minimum Gasteiger partial charge on any atom is -0.302 e. The third kappa shape index (κ3) is 3.27. The van der Waals surface area contributed by atoms with Gasteiger partial charge in [-0.3, -0.25) is 4.90 Å². The van der Waals surface area contributed by atoms with Gasteiger partial charge in [0.05, 0.1) is 22.9 Å². The van der Waals surface area contributed by atoms with E-state index in [1.807, 2.05) is 42.6 Å². The van der Waals surface area contributed by atoms with Gasteiger partial charge in [-0.2, -0.15) is 0 Å². The van der Waals surface area contributed by atoms with E-state index >= 15 is 0 Å². The molecule has 2 aromatic heterocycles. The maximum atomic E-state index is 11.9. The molecule has 26 heavy (non-hydrogen) atoms. The summed E-state index contributed by atoms with van der Waals surface area (Å²) in [5.74, 6) is 0.561. The molecular formula is C20H23N3O2S. The van der Waals surface area contributed by atoms with Crippen molar-refractivity contribution in [2.24, 2.45) is 0 Å². The zero-order chi connectivity index (χ0) is 18.1. The summed E-state index contributed by atoms with van der Waals surface area (Å²) in [4.78, 5) is 7.11. The highest BCUT2D eigenvalue weighted by Crippen LogP contribution is 2.27. The second kappa shape index (κ2) is 6.85. The largest absolute Gasteiger partial charge is 0.302 e. The van der Waals surface area contributed by atoms with Gasteiger partial charge in [-0.05, 0) is 25.1 Å². The molecule has 5 nitrogen and oxygen atoms in total. The van der Waals surface area contributed by atoms with Gasteiger partial charge in [-0.1, -0.05) is 43.3 Å². The highest BCUT2D eigenvalue weighted by atomic mass is 32.2. The average molecular weight is 369 g/mol. The van der Waals surface area contributed by atoms with Crippen molar-refractivity contribution >= 4 is 15.5 Å². The number of nitrogens with zero attached hydrogens (tertiary/aromatic N) is 3. The van der Waals surface area contributed by atoms with E-state index in [0.717, 1.165) is 29.1 Å². The van der Waals surface area contributed by atoms with E-state index in [2.05, 4.69) is 28.4 Å². The summed E-state index contributed by atoms with van der Waals surface area (Å²) >= 11 is 0. The van der Waals surface area contributed by atoms with Crippen molar-refractivity contribution in [2.75, 3.05) is 18.1 Å². The SMILES string of the molecule is CCN(Cc1c(-c2ccccc2)nc2ccccn12)C1CCS(=O)(=O)C1. The van der Waals surface area contributed by atoms with Gasteiger partial charge in [-0.15, -0.1) is 0 Å².